The van der Waals surface area contributed by atoms with Crippen LogP contribution in [-0.2, 0) is 14.8 Å². The number of anilines is 1. The van der Waals surface area contributed by atoms with Gasteiger partial charge in [0.1, 0.15) is 5.75 Å². The summed E-state index contributed by atoms with van der Waals surface area (Å²) in [6, 6.07) is 16.5. The van der Waals surface area contributed by atoms with Gasteiger partial charge in [0.2, 0.25) is 10.0 Å². The summed E-state index contributed by atoms with van der Waals surface area (Å²) >= 11 is 6.04. The zero-order valence-electron chi connectivity index (χ0n) is 16.8. The predicted octanol–water partition coefficient (Wildman–Crippen LogP) is 2.38. The molecule has 1 N–H and O–H groups in total. The maximum Gasteiger partial charge on any atom is 0.260 e. The fourth-order valence-corrected chi connectivity index (χ4v) is 4.75. The molecule has 0 aromatic heterocycles. The highest BCUT2D eigenvalue weighted by Crippen LogP contribution is 2.21. The molecular formula is C21H26ClN3O4S. The zero-order valence-corrected chi connectivity index (χ0v) is 18.4. The number of carbonyl (C=O) groups excluding carboxylic acids is 1. The Labute approximate surface area is 182 Å². The van der Waals surface area contributed by atoms with Crippen molar-refractivity contribution in [1.29, 1.82) is 0 Å². The third-order valence-corrected chi connectivity index (χ3v) is 7.00. The van der Waals surface area contributed by atoms with Crippen LogP contribution in [0.3, 0.4) is 0 Å². The quantitative estimate of drug-likeness (QED) is 0.666. The molecule has 1 aliphatic rings. The van der Waals surface area contributed by atoms with E-state index in [0.717, 1.165) is 5.69 Å². The van der Waals surface area contributed by atoms with E-state index in [-0.39, 0.29) is 18.2 Å². The number of amides is 1. The highest BCUT2D eigenvalue weighted by atomic mass is 35.5. The molecular weight excluding hydrogens is 426 g/mol. The lowest BCUT2D eigenvalue weighted by Gasteiger charge is -2.35. The van der Waals surface area contributed by atoms with Crippen molar-refractivity contribution in [3.05, 3.63) is 59.6 Å². The first-order valence-electron chi connectivity index (χ1n) is 9.83. The van der Waals surface area contributed by atoms with Crippen molar-refractivity contribution in [1.82, 2.24) is 9.62 Å². The molecule has 0 radical (unpaired) electrons. The summed E-state index contributed by atoms with van der Waals surface area (Å²) in [5, 5.41) is 3.30. The smallest absolute Gasteiger partial charge is 0.260 e. The summed E-state index contributed by atoms with van der Waals surface area (Å²) in [7, 11) is -3.45. The summed E-state index contributed by atoms with van der Waals surface area (Å²) in [5.41, 5.74) is 0.985. The molecule has 3 rings (SSSR count). The zero-order chi connectivity index (χ0) is 21.6. The number of nitrogens with zero attached hydrogens (tertiary/aromatic N) is 2. The number of carbonyl (C=O) groups is 1. The van der Waals surface area contributed by atoms with Crippen molar-refractivity contribution >= 4 is 33.2 Å². The lowest BCUT2D eigenvalue weighted by Crippen LogP contribution is -2.50. The molecule has 0 bridgehead atoms. The second-order valence-corrected chi connectivity index (χ2v) is 9.57. The van der Waals surface area contributed by atoms with Crippen LogP contribution in [0.5, 0.6) is 5.75 Å². The van der Waals surface area contributed by atoms with Crippen LogP contribution in [-0.4, -0.2) is 63.2 Å². The summed E-state index contributed by atoms with van der Waals surface area (Å²) in [6.07, 6.45) is -0.712. The third kappa shape index (κ3) is 6.10. The van der Waals surface area contributed by atoms with Gasteiger partial charge in [0.25, 0.3) is 5.91 Å². The topological polar surface area (TPSA) is 78.9 Å². The molecule has 1 unspecified atom stereocenters. The molecule has 0 spiro atoms. The Hall–Kier alpha value is -2.29. The van der Waals surface area contributed by atoms with Crippen molar-refractivity contribution in [3.8, 4) is 5.75 Å². The number of rotatable bonds is 8. The molecule has 1 fully saturated rings. The van der Waals surface area contributed by atoms with Crippen LogP contribution < -0.4 is 15.0 Å². The molecule has 1 amide bonds. The van der Waals surface area contributed by atoms with Gasteiger partial charge in [0.15, 0.2) is 6.10 Å². The van der Waals surface area contributed by atoms with Gasteiger partial charge in [0.05, 0.1) is 5.75 Å². The van der Waals surface area contributed by atoms with Gasteiger partial charge in [-0.3, -0.25) is 4.79 Å². The molecule has 1 atom stereocenters. The van der Waals surface area contributed by atoms with Gasteiger partial charge in [-0.25, -0.2) is 8.42 Å². The minimum atomic E-state index is -3.45. The van der Waals surface area contributed by atoms with Crippen molar-refractivity contribution in [2.24, 2.45) is 0 Å². The maximum absolute atomic E-state index is 12.6. The molecule has 2 aromatic carbocycles. The van der Waals surface area contributed by atoms with Crippen LogP contribution >= 0.6 is 11.6 Å². The Morgan fingerprint density at radius 1 is 1.10 bits per heavy atom. The average Bonchev–Trinajstić information content (AvgIpc) is 2.74. The second kappa shape index (κ2) is 10.1. The van der Waals surface area contributed by atoms with E-state index in [9.17, 15) is 13.2 Å². The molecule has 1 heterocycles. The van der Waals surface area contributed by atoms with Gasteiger partial charge in [-0.2, -0.15) is 4.31 Å². The number of ether oxygens (including phenoxy) is 1. The van der Waals surface area contributed by atoms with E-state index in [2.05, 4.69) is 10.2 Å². The van der Waals surface area contributed by atoms with Gasteiger partial charge in [-0.15, -0.1) is 0 Å². The molecule has 30 heavy (non-hydrogen) atoms. The minimum Gasteiger partial charge on any atom is -0.481 e. The van der Waals surface area contributed by atoms with E-state index < -0.39 is 16.1 Å². The number of nitrogens with one attached hydrogen (secondary N) is 1. The Morgan fingerprint density at radius 3 is 2.47 bits per heavy atom. The average molecular weight is 452 g/mol. The highest BCUT2D eigenvalue weighted by Gasteiger charge is 2.27. The number of hydrogen-bond acceptors (Lipinski definition) is 5. The minimum absolute atomic E-state index is 0.0398. The number of halogens is 1. The standard InChI is InChI=1S/C21H26ClN3O4S/c1-17(29-20-8-3-2-4-9-20)21(26)23-10-15-30(27,28)25-13-11-24(12-14-25)19-7-5-6-18(22)16-19/h2-9,16-17H,10-15H2,1H3,(H,23,26). The Bertz CT molecular complexity index is 948. The first-order valence-corrected chi connectivity index (χ1v) is 11.8. The third-order valence-electron chi connectivity index (χ3n) is 4.89. The number of benzene rings is 2. The van der Waals surface area contributed by atoms with Crippen LogP contribution in [0.15, 0.2) is 54.6 Å². The number of para-hydroxylation sites is 1. The molecule has 2 aromatic rings. The van der Waals surface area contributed by atoms with Crippen LogP contribution in [0, 0.1) is 0 Å². The van der Waals surface area contributed by atoms with Crippen LogP contribution in [0.2, 0.25) is 5.02 Å². The first kappa shape index (κ1) is 22.4. The van der Waals surface area contributed by atoms with E-state index in [1.165, 1.54) is 4.31 Å². The summed E-state index contributed by atoms with van der Waals surface area (Å²) in [6.45, 7) is 3.65. The number of piperazine rings is 1. The van der Waals surface area contributed by atoms with Crippen LogP contribution in [0.1, 0.15) is 6.92 Å². The van der Waals surface area contributed by atoms with Gasteiger partial charge < -0.3 is 15.0 Å². The monoisotopic (exact) mass is 451 g/mol. The van der Waals surface area contributed by atoms with Crippen LogP contribution in [0.4, 0.5) is 5.69 Å². The summed E-state index contributed by atoms with van der Waals surface area (Å²) in [4.78, 5) is 14.3. The molecule has 0 saturated carbocycles. The van der Waals surface area contributed by atoms with Crippen LogP contribution in [0.25, 0.3) is 0 Å². The van der Waals surface area contributed by atoms with E-state index >= 15 is 0 Å². The number of hydrogen-bond donors (Lipinski definition) is 1. The van der Waals surface area contributed by atoms with Gasteiger partial charge >= 0.3 is 0 Å². The van der Waals surface area contributed by atoms with E-state index in [1.54, 1.807) is 19.1 Å². The molecule has 9 heteroatoms. The predicted molar refractivity (Wildman–Crippen MR) is 119 cm³/mol. The molecule has 1 saturated heterocycles. The molecule has 7 nitrogen and oxygen atoms in total. The fraction of sp³-hybridized carbons (Fsp3) is 0.381. The largest absolute Gasteiger partial charge is 0.481 e. The fourth-order valence-electron chi connectivity index (χ4n) is 3.23. The Kier molecular flexibility index (Phi) is 7.58. The second-order valence-electron chi connectivity index (χ2n) is 7.05. The van der Waals surface area contributed by atoms with Gasteiger partial charge in [-0.1, -0.05) is 35.9 Å². The SMILES string of the molecule is CC(Oc1ccccc1)C(=O)NCCS(=O)(=O)N1CCN(c2cccc(Cl)c2)CC1. The van der Waals surface area contributed by atoms with Gasteiger partial charge in [0, 0.05) is 43.4 Å². The van der Waals surface area contributed by atoms with Crippen molar-refractivity contribution in [3.63, 3.8) is 0 Å². The molecule has 162 valence electrons. The summed E-state index contributed by atoms with van der Waals surface area (Å²) in [5.74, 6) is 0.0960. The lowest BCUT2D eigenvalue weighted by atomic mass is 10.2. The number of sulfonamides is 1. The summed E-state index contributed by atoms with van der Waals surface area (Å²) < 4.78 is 32.3. The Morgan fingerprint density at radius 2 is 1.80 bits per heavy atom. The van der Waals surface area contributed by atoms with E-state index in [0.29, 0.717) is 37.0 Å². The molecule has 0 aliphatic carbocycles. The van der Waals surface area contributed by atoms with Crippen molar-refractivity contribution in [2.45, 2.75) is 13.0 Å². The van der Waals surface area contributed by atoms with Crippen molar-refractivity contribution < 1.29 is 17.9 Å². The lowest BCUT2D eigenvalue weighted by molar-refractivity contribution is -0.127. The van der Waals surface area contributed by atoms with Crippen molar-refractivity contribution in [2.75, 3.05) is 43.4 Å². The van der Waals surface area contributed by atoms with E-state index in [1.807, 2.05) is 42.5 Å². The Balaban J connectivity index is 1.43. The van der Waals surface area contributed by atoms with Gasteiger partial charge in [-0.05, 0) is 37.3 Å². The first-order chi connectivity index (χ1) is 14.3. The highest BCUT2D eigenvalue weighted by molar-refractivity contribution is 7.89. The van der Waals surface area contributed by atoms with E-state index in [4.69, 9.17) is 16.3 Å². The normalized spacial score (nSPS) is 16.1. The molecule has 1 aliphatic heterocycles. The maximum atomic E-state index is 12.6.